The lowest BCUT2D eigenvalue weighted by molar-refractivity contribution is -0.139. The highest BCUT2D eigenvalue weighted by Crippen LogP contribution is 2.38. The minimum Gasteiger partial charge on any atom is -0.493 e. The number of carbonyl (C=O) groups is 1. The highest BCUT2D eigenvalue weighted by molar-refractivity contribution is 7.92. The summed E-state index contributed by atoms with van der Waals surface area (Å²) in [6.07, 6.45) is -3.52. The number of carbonyl (C=O) groups excluding carboxylic acids is 1. The fourth-order valence-corrected chi connectivity index (χ4v) is 4.95. The van der Waals surface area contributed by atoms with E-state index in [1.807, 2.05) is 4.72 Å². The van der Waals surface area contributed by atoms with E-state index >= 15 is 0 Å². The topological polar surface area (TPSA) is 107 Å². The zero-order valence-corrected chi connectivity index (χ0v) is 22.6. The number of alkyl halides is 3. The molecule has 14 heteroatoms. The van der Waals surface area contributed by atoms with Gasteiger partial charge in [-0.15, -0.1) is 0 Å². The number of anilines is 1. The Labute approximate surface area is 232 Å². The summed E-state index contributed by atoms with van der Waals surface area (Å²) in [7, 11) is -0.142. The number of fused-ring (bicyclic) bond motifs is 1. The summed E-state index contributed by atoms with van der Waals surface area (Å²) < 4.78 is 99.0. The van der Waals surface area contributed by atoms with Crippen LogP contribution in [-0.4, -0.2) is 52.0 Å². The van der Waals surface area contributed by atoms with Crippen molar-refractivity contribution in [3.8, 4) is 23.0 Å². The molecule has 41 heavy (non-hydrogen) atoms. The van der Waals surface area contributed by atoms with E-state index in [9.17, 15) is 30.8 Å². The van der Waals surface area contributed by atoms with E-state index in [4.69, 9.17) is 14.2 Å². The molecule has 0 saturated carbocycles. The Morgan fingerprint density at radius 2 is 1.71 bits per heavy atom. The van der Waals surface area contributed by atoms with Crippen molar-refractivity contribution < 1.29 is 45.0 Å². The Morgan fingerprint density at radius 1 is 0.976 bits per heavy atom. The zero-order chi connectivity index (χ0) is 29.9. The number of nitrogens with one attached hydrogen (secondary N) is 1. The second-order valence-electron chi connectivity index (χ2n) is 8.75. The van der Waals surface area contributed by atoms with Gasteiger partial charge in [-0.25, -0.2) is 12.8 Å². The van der Waals surface area contributed by atoms with Gasteiger partial charge in [0.1, 0.15) is 5.75 Å². The van der Waals surface area contributed by atoms with Crippen molar-refractivity contribution in [2.45, 2.75) is 11.1 Å². The lowest BCUT2D eigenvalue weighted by Gasteiger charge is -2.16. The van der Waals surface area contributed by atoms with E-state index < -0.39 is 32.5 Å². The summed E-state index contributed by atoms with van der Waals surface area (Å²) in [5.74, 6) is -0.903. The van der Waals surface area contributed by atoms with Gasteiger partial charge < -0.3 is 19.1 Å². The number of likely N-dealkylation sites (N-methyl/N-ethyl adjacent to an activating group) is 1. The van der Waals surface area contributed by atoms with Crippen LogP contribution < -0.4 is 18.9 Å². The minimum atomic E-state index is -4.92. The van der Waals surface area contributed by atoms with Crippen LogP contribution in [0.15, 0.2) is 71.8 Å². The predicted octanol–water partition coefficient (Wildman–Crippen LogP) is 5.46. The first-order chi connectivity index (χ1) is 19.3. The number of rotatable bonds is 9. The van der Waals surface area contributed by atoms with Crippen molar-refractivity contribution in [2.75, 3.05) is 32.5 Å². The number of sulfonamides is 1. The standard InChI is InChI=1S/C27H23F4N3O6S/c1-34(2)26(35)15-39-24-14-20-17(13-23(24)38-3)21(10-11-32-20)40-22-9-8-16(12-19(22)28)33-41(36,37)25-7-5-4-6-18(25)27(29,30)31/h4-14,33H,15H2,1-3H3. The Morgan fingerprint density at radius 3 is 2.37 bits per heavy atom. The molecule has 0 saturated heterocycles. The van der Waals surface area contributed by atoms with E-state index in [-0.39, 0.29) is 41.2 Å². The van der Waals surface area contributed by atoms with Gasteiger partial charge in [-0.05, 0) is 36.4 Å². The van der Waals surface area contributed by atoms with Crippen LogP contribution in [0.25, 0.3) is 10.9 Å². The largest absolute Gasteiger partial charge is 0.493 e. The normalized spacial score (nSPS) is 11.7. The van der Waals surface area contributed by atoms with Crippen molar-refractivity contribution >= 4 is 32.5 Å². The summed E-state index contributed by atoms with van der Waals surface area (Å²) in [6, 6.07) is 11.2. The first-order valence-electron chi connectivity index (χ1n) is 11.8. The monoisotopic (exact) mass is 593 g/mol. The molecule has 216 valence electrons. The number of hydrogen-bond acceptors (Lipinski definition) is 7. The summed E-state index contributed by atoms with van der Waals surface area (Å²) in [4.78, 5) is 16.5. The third kappa shape index (κ3) is 6.60. The van der Waals surface area contributed by atoms with Gasteiger partial charge in [0.05, 0.1) is 28.8 Å². The summed E-state index contributed by atoms with van der Waals surface area (Å²) >= 11 is 0. The molecule has 0 atom stereocenters. The number of halogens is 4. The molecule has 4 rings (SSSR count). The molecule has 0 unspecified atom stereocenters. The van der Waals surface area contributed by atoms with Crippen molar-refractivity contribution in [3.05, 3.63) is 78.2 Å². The number of nitrogens with zero attached hydrogens (tertiary/aromatic N) is 2. The van der Waals surface area contributed by atoms with Crippen LogP contribution in [0.3, 0.4) is 0 Å². The maximum Gasteiger partial charge on any atom is 0.417 e. The van der Waals surface area contributed by atoms with Gasteiger partial charge in [0.25, 0.3) is 15.9 Å². The van der Waals surface area contributed by atoms with Gasteiger partial charge in [-0.2, -0.15) is 13.2 Å². The lowest BCUT2D eigenvalue weighted by Crippen LogP contribution is -2.27. The van der Waals surface area contributed by atoms with Crippen LogP contribution in [0.1, 0.15) is 5.56 Å². The first-order valence-corrected chi connectivity index (χ1v) is 13.2. The van der Waals surface area contributed by atoms with Crippen LogP contribution in [0, 0.1) is 5.82 Å². The Kier molecular flexibility index (Phi) is 8.24. The van der Waals surface area contributed by atoms with Gasteiger partial charge in [0.15, 0.2) is 29.7 Å². The fourth-order valence-electron chi connectivity index (χ4n) is 3.67. The molecule has 3 aromatic carbocycles. The molecule has 1 aromatic heterocycles. The Hall–Kier alpha value is -4.59. The lowest BCUT2D eigenvalue weighted by atomic mass is 10.1. The third-order valence-corrected chi connectivity index (χ3v) is 7.16. The number of methoxy groups -OCH3 is 1. The Bertz CT molecular complexity index is 1710. The minimum absolute atomic E-state index is 0.163. The number of aromatic nitrogens is 1. The molecule has 9 nitrogen and oxygen atoms in total. The van der Waals surface area contributed by atoms with Gasteiger partial charge in [-0.1, -0.05) is 12.1 Å². The Balaban J connectivity index is 1.60. The number of amides is 1. The number of hydrogen-bond donors (Lipinski definition) is 1. The molecule has 0 spiro atoms. The number of benzene rings is 3. The van der Waals surface area contributed by atoms with E-state index in [2.05, 4.69) is 4.98 Å². The van der Waals surface area contributed by atoms with Crippen LogP contribution in [-0.2, 0) is 21.0 Å². The van der Waals surface area contributed by atoms with Crippen molar-refractivity contribution in [1.29, 1.82) is 0 Å². The van der Waals surface area contributed by atoms with Crippen LogP contribution >= 0.6 is 0 Å². The average Bonchev–Trinajstić information content (AvgIpc) is 2.92. The molecule has 1 N–H and O–H groups in total. The van der Waals surface area contributed by atoms with Crippen LogP contribution in [0.4, 0.5) is 23.2 Å². The number of pyridine rings is 1. The van der Waals surface area contributed by atoms with E-state index in [0.717, 1.165) is 36.4 Å². The first kappa shape index (κ1) is 29.4. The van der Waals surface area contributed by atoms with Crippen molar-refractivity contribution in [1.82, 2.24) is 9.88 Å². The molecular weight excluding hydrogens is 570 g/mol. The maximum absolute atomic E-state index is 15.0. The highest BCUT2D eigenvalue weighted by atomic mass is 32.2. The predicted molar refractivity (Wildman–Crippen MR) is 141 cm³/mol. The molecule has 0 radical (unpaired) electrons. The van der Waals surface area contributed by atoms with Crippen molar-refractivity contribution in [3.63, 3.8) is 0 Å². The molecule has 1 heterocycles. The van der Waals surface area contributed by atoms with Gasteiger partial charge in [-0.3, -0.25) is 14.5 Å². The second kappa shape index (κ2) is 11.5. The van der Waals surface area contributed by atoms with E-state index in [1.54, 1.807) is 14.1 Å². The molecule has 4 aromatic rings. The van der Waals surface area contributed by atoms with Gasteiger partial charge in [0, 0.05) is 37.8 Å². The maximum atomic E-state index is 15.0. The third-order valence-electron chi connectivity index (χ3n) is 5.72. The smallest absolute Gasteiger partial charge is 0.417 e. The molecule has 0 fully saturated rings. The summed E-state index contributed by atoms with van der Waals surface area (Å²) in [5.41, 5.74) is -1.29. The molecule has 0 aliphatic heterocycles. The second-order valence-corrected chi connectivity index (χ2v) is 10.4. The van der Waals surface area contributed by atoms with Crippen molar-refractivity contribution in [2.24, 2.45) is 0 Å². The highest BCUT2D eigenvalue weighted by Gasteiger charge is 2.37. The van der Waals surface area contributed by atoms with Gasteiger partial charge in [0.2, 0.25) is 0 Å². The summed E-state index contributed by atoms with van der Waals surface area (Å²) in [6.45, 7) is -0.242. The van der Waals surface area contributed by atoms with Gasteiger partial charge >= 0.3 is 6.18 Å². The molecule has 1 amide bonds. The van der Waals surface area contributed by atoms with E-state index in [1.165, 1.54) is 36.4 Å². The summed E-state index contributed by atoms with van der Waals surface area (Å²) in [5, 5.41) is 0.406. The molecule has 0 bridgehead atoms. The molecular formula is C27H23F4N3O6S. The average molecular weight is 594 g/mol. The van der Waals surface area contributed by atoms with Crippen LogP contribution in [0.5, 0.6) is 23.0 Å². The molecule has 0 aliphatic rings. The quantitative estimate of drug-likeness (QED) is 0.257. The van der Waals surface area contributed by atoms with E-state index in [0.29, 0.717) is 17.0 Å². The molecule has 0 aliphatic carbocycles. The van der Waals surface area contributed by atoms with Crippen LogP contribution in [0.2, 0.25) is 0 Å². The SMILES string of the molecule is COc1cc2c(Oc3ccc(NS(=O)(=O)c4ccccc4C(F)(F)F)cc3F)ccnc2cc1OCC(=O)N(C)C. The number of ether oxygens (including phenoxy) is 3. The zero-order valence-electron chi connectivity index (χ0n) is 21.8. The fraction of sp³-hybridized carbons (Fsp3) is 0.185.